The summed E-state index contributed by atoms with van der Waals surface area (Å²) in [6, 6.07) is 14.0. The van der Waals surface area contributed by atoms with E-state index in [0.29, 0.717) is 33.5 Å². The maximum Gasteiger partial charge on any atom is 0.255 e. The number of nitrogens with zero attached hydrogens (tertiary/aromatic N) is 1. The minimum absolute atomic E-state index is 0.309. The highest BCUT2D eigenvalue weighted by atomic mass is 35.5. The predicted octanol–water partition coefficient (Wildman–Crippen LogP) is 4.88. The van der Waals surface area contributed by atoms with E-state index >= 15 is 0 Å². The molecule has 1 amide bonds. The highest BCUT2D eigenvalue weighted by Crippen LogP contribution is 2.27. The molecule has 1 heterocycles. The van der Waals surface area contributed by atoms with E-state index in [-0.39, 0.29) is 11.7 Å². The number of rotatable bonds is 5. The Hall–Kier alpha value is -3.12. The normalized spacial score (nSPS) is 10.3. The van der Waals surface area contributed by atoms with E-state index in [1.165, 1.54) is 25.4 Å². The molecule has 0 atom stereocenters. The summed E-state index contributed by atoms with van der Waals surface area (Å²) in [5.74, 6) is 0.363. The molecule has 1 aromatic heterocycles. The number of benzene rings is 2. The zero-order valence-electron chi connectivity index (χ0n) is 13.8. The average Bonchev–Trinajstić information content (AvgIpc) is 2.64. The van der Waals surface area contributed by atoms with Crippen LogP contribution in [0, 0.1) is 5.82 Å². The highest BCUT2D eigenvalue weighted by Gasteiger charge is 2.09. The van der Waals surface area contributed by atoms with Gasteiger partial charge in [-0.2, -0.15) is 0 Å². The van der Waals surface area contributed by atoms with Gasteiger partial charge in [0.1, 0.15) is 17.4 Å². The molecule has 2 N–H and O–H groups in total. The molecule has 0 spiro atoms. The molecule has 5 nitrogen and oxygen atoms in total. The third-order valence-electron chi connectivity index (χ3n) is 3.55. The van der Waals surface area contributed by atoms with Gasteiger partial charge in [-0.1, -0.05) is 11.6 Å². The molecule has 26 heavy (non-hydrogen) atoms. The lowest BCUT2D eigenvalue weighted by Gasteiger charge is -2.10. The standard InChI is InChI=1S/C19H15ClFN3O2/c1-26-17-7-6-15(11-16(17)20)24-19(25)12-8-9-22-18(10-12)23-14-4-2-13(21)3-5-14/h2-11H,1H3,(H,22,23)(H,24,25). The van der Waals surface area contributed by atoms with Crippen LogP contribution < -0.4 is 15.4 Å². The lowest BCUT2D eigenvalue weighted by molar-refractivity contribution is 0.102. The second kappa shape index (κ2) is 7.84. The quantitative estimate of drug-likeness (QED) is 0.671. The van der Waals surface area contributed by atoms with Crippen molar-refractivity contribution < 1.29 is 13.9 Å². The lowest BCUT2D eigenvalue weighted by Crippen LogP contribution is -2.12. The molecule has 0 aliphatic rings. The van der Waals surface area contributed by atoms with Crippen LogP contribution in [0.25, 0.3) is 0 Å². The van der Waals surface area contributed by atoms with Crippen molar-refractivity contribution in [3.05, 3.63) is 77.2 Å². The molecule has 3 aromatic rings. The number of amides is 1. The van der Waals surface area contributed by atoms with Crippen molar-refractivity contribution >= 4 is 34.7 Å². The molecule has 132 valence electrons. The number of aromatic nitrogens is 1. The van der Waals surface area contributed by atoms with Gasteiger partial charge in [-0.3, -0.25) is 4.79 Å². The second-order valence-electron chi connectivity index (χ2n) is 5.37. The Morgan fingerprint density at radius 3 is 2.50 bits per heavy atom. The molecule has 0 aliphatic heterocycles. The van der Waals surface area contributed by atoms with E-state index in [4.69, 9.17) is 16.3 Å². The SMILES string of the molecule is COc1ccc(NC(=O)c2ccnc(Nc3ccc(F)cc3)c2)cc1Cl. The van der Waals surface area contributed by atoms with Crippen LogP contribution >= 0.6 is 11.6 Å². The van der Waals surface area contributed by atoms with E-state index in [2.05, 4.69) is 15.6 Å². The zero-order chi connectivity index (χ0) is 18.5. The number of nitrogens with one attached hydrogen (secondary N) is 2. The monoisotopic (exact) mass is 371 g/mol. The van der Waals surface area contributed by atoms with Crippen LogP contribution in [0.4, 0.5) is 21.6 Å². The van der Waals surface area contributed by atoms with E-state index in [0.717, 1.165) is 0 Å². The van der Waals surface area contributed by atoms with Crippen LogP contribution in [0.15, 0.2) is 60.8 Å². The molecule has 0 radical (unpaired) electrons. The molecule has 3 rings (SSSR count). The minimum Gasteiger partial charge on any atom is -0.495 e. The molecule has 0 bridgehead atoms. The average molecular weight is 372 g/mol. The summed E-state index contributed by atoms with van der Waals surface area (Å²) in [7, 11) is 1.52. The molecule has 7 heteroatoms. The molecule has 0 aliphatic carbocycles. The number of hydrogen-bond donors (Lipinski definition) is 2. The smallest absolute Gasteiger partial charge is 0.255 e. The van der Waals surface area contributed by atoms with Crippen molar-refractivity contribution in [3.63, 3.8) is 0 Å². The topological polar surface area (TPSA) is 63.2 Å². The van der Waals surface area contributed by atoms with Gasteiger partial charge >= 0.3 is 0 Å². The first kappa shape index (κ1) is 17.7. The molecule has 2 aromatic carbocycles. The maximum absolute atomic E-state index is 13.0. The largest absolute Gasteiger partial charge is 0.495 e. The summed E-state index contributed by atoms with van der Waals surface area (Å²) in [4.78, 5) is 16.6. The number of ether oxygens (including phenoxy) is 1. The Bertz CT molecular complexity index is 932. The van der Waals surface area contributed by atoms with Gasteiger partial charge in [-0.05, 0) is 54.6 Å². The van der Waals surface area contributed by atoms with E-state index in [1.54, 1.807) is 42.5 Å². The van der Waals surface area contributed by atoms with Gasteiger partial charge < -0.3 is 15.4 Å². The highest BCUT2D eigenvalue weighted by molar-refractivity contribution is 6.32. The molecular formula is C19H15ClFN3O2. The van der Waals surface area contributed by atoms with Crippen LogP contribution in [-0.4, -0.2) is 18.0 Å². The van der Waals surface area contributed by atoms with Crippen LogP contribution in [-0.2, 0) is 0 Å². The third-order valence-corrected chi connectivity index (χ3v) is 3.84. The number of methoxy groups -OCH3 is 1. The molecule has 0 saturated heterocycles. The Morgan fingerprint density at radius 2 is 1.81 bits per heavy atom. The van der Waals surface area contributed by atoms with Gasteiger partial charge in [-0.25, -0.2) is 9.37 Å². The maximum atomic E-state index is 13.0. The van der Waals surface area contributed by atoms with Crippen molar-refractivity contribution in [1.82, 2.24) is 4.98 Å². The van der Waals surface area contributed by atoms with Gasteiger partial charge in [0, 0.05) is 23.1 Å². The van der Waals surface area contributed by atoms with E-state index in [9.17, 15) is 9.18 Å². The van der Waals surface area contributed by atoms with Crippen molar-refractivity contribution in [2.75, 3.05) is 17.7 Å². The molecular weight excluding hydrogens is 357 g/mol. The summed E-state index contributed by atoms with van der Waals surface area (Å²) in [6.45, 7) is 0. The Balaban J connectivity index is 1.73. The fourth-order valence-corrected chi connectivity index (χ4v) is 2.53. The fraction of sp³-hybridized carbons (Fsp3) is 0.0526. The summed E-state index contributed by atoms with van der Waals surface area (Å²) >= 11 is 6.06. The summed E-state index contributed by atoms with van der Waals surface area (Å²) < 4.78 is 18.0. The van der Waals surface area contributed by atoms with Gasteiger partial charge in [0.05, 0.1) is 12.1 Å². The van der Waals surface area contributed by atoms with Crippen molar-refractivity contribution in [3.8, 4) is 5.75 Å². The summed E-state index contributed by atoms with van der Waals surface area (Å²) in [5.41, 5.74) is 1.63. The Labute approximate surface area is 154 Å². The Morgan fingerprint density at radius 1 is 1.08 bits per heavy atom. The summed E-state index contributed by atoms with van der Waals surface area (Å²) in [5, 5.41) is 6.19. The Kier molecular flexibility index (Phi) is 5.34. The van der Waals surface area contributed by atoms with Crippen LogP contribution in [0.3, 0.4) is 0 Å². The van der Waals surface area contributed by atoms with Gasteiger partial charge in [-0.15, -0.1) is 0 Å². The number of anilines is 3. The fourth-order valence-electron chi connectivity index (χ4n) is 2.27. The molecule has 0 fully saturated rings. The van der Waals surface area contributed by atoms with Crippen LogP contribution in [0.1, 0.15) is 10.4 Å². The number of carbonyl (C=O) groups is 1. The zero-order valence-corrected chi connectivity index (χ0v) is 14.5. The first-order valence-corrected chi connectivity index (χ1v) is 8.06. The number of halogens is 2. The van der Waals surface area contributed by atoms with E-state index < -0.39 is 0 Å². The second-order valence-corrected chi connectivity index (χ2v) is 5.77. The third kappa shape index (κ3) is 4.29. The van der Waals surface area contributed by atoms with Gasteiger partial charge in [0.25, 0.3) is 5.91 Å². The number of pyridine rings is 1. The van der Waals surface area contributed by atoms with Crippen LogP contribution in [0.2, 0.25) is 5.02 Å². The van der Waals surface area contributed by atoms with Crippen molar-refractivity contribution in [1.29, 1.82) is 0 Å². The van der Waals surface area contributed by atoms with E-state index in [1.807, 2.05) is 0 Å². The first-order chi connectivity index (χ1) is 12.5. The summed E-state index contributed by atoms with van der Waals surface area (Å²) in [6.07, 6.45) is 1.52. The number of carbonyl (C=O) groups excluding carboxylic acids is 1. The van der Waals surface area contributed by atoms with Crippen molar-refractivity contribution in [2.24, 2.45) is 0 Å². The first-order valence-electron chi connectivity index (χ1n) is 7.69. The van der Waals surface area contributed by atoms with Crippen molar-refractivity contribution in [2.45, 2.75) is 0 Å². The lowest BCUT2D eigenvalue weighted by atomic mass is 10.2. The van der Waals surface area contributed by atoms with Gasteiger partial charge in [0.2, 0.25) is 0 Å². The molecule has 0 saturated carbocycles. The van der Waals surface area contributed by atoms with Gasteiger partial charge in [0.15, 0.2) is 0 Å². The predicted molar refractivity (Wildman–Crippen MR) is 99.9 cm³/mol. The minimum atomic E-state index is -0.324. The number of hydrogen-bond acceptors (Lipinski definition) is 4. The molecule has 0 unspecified atom stereocenters. The van der Waals surface area contributed by atoms with Crippen LogP contribution in [0.5, 0.6) is 5.75 Å².